The van der Waals surface area contributed by atoms with Crippen molar-refractivity contribution in [2.45, 2.75) is 52.6 Å². The monoisotopic (exact) mass is 501 g/mol. The summed E-state index contributed by atoms with van der Waals surface area (Å²) in [4.78, 5) is 18.1. The third-order valence-electron chi connectivity index (χ3n) is 7.27. The van der Waals surface area contributed by atoms with Gasteiger partial charge in [0.2, 0.25) is 0 Å². The van der Waals surface area contributed by atoms with Gasteiger partial charge in [-0.25, -0.2) is 0 Å². The number of allylic oxidation sites excluding steroid dienone is 11. The maximum Gasteiger partial charge on any atom is 0.196 e. The first-order valence-corrected chi connectivity index (χ1v) is 13.4. The first-order chi connectivity index (χ1) is 18.4. The third-order valence-corrected chi connectivity index (χ3v) is 7.27. The molecule has 1 atom stereocenters. The van der Waals surface area contributed by atoms with Crippen LogP contribution in [0.1, 0.15) is 67.4 Å². The molecular weight excluding hydrogens is 466 g/mol. The average Bonchev–Trinajstić information content (AvgIpc) is 3.34. The molecule has 192 valence electrons. The Bertz CT molecular complexity index is 1440. The highest BCUT2D eigenvalue weighted by Crippen LogP contribution is 2.42. The van der Waals surface area contributed by atoms with E-state index in [1.165, 1.54) is 16.7 Å². The largest absolute Gasteiger partial charge is 0.488 e. The van der Waals surface area contributed by atoms with Gasteiger partial charge < -0.3 is 4.74 Å². The number of nitrogens with zero attached hydrogens (tertiary/aromatic N) is 1. The van der Waals surface area contributed by atoms with Crippen molar-refractivity contribution in [2.75, 3.05) is 0 Å². The van der Waals surface area contributed by atoms with E-state index in [-0.39, 0.29) is 17.1 Å². The summed E-state index contributed by atoms with van der Waals surface area (Å²) in [7, 11) is 0. The number of hydrogen-bond acceptors (Lipinski definition) is 3. The molecule has 0 radical (unpaired) electrons. The van der Waals surface area contributed by atoms with Crippen molar-refractivity contribution in [3.05, 3.63) is 137 Å². The molecule has 0 saturated heterocycles. The summed E-state index contributed by atoms with van der Waals surface area (Å²) in [6, 6.07) is 16.1. The van der Waals surface area contributed by atoms with E-state index in [0.29, 0.717) is 23.5 Å². The number of Topliss-reactive ketones (excluding diaryl/α,β-unsaturated/α-hetero) is 1. The molecule has 0 bridgehead atoms. The van der Waals surface area contributed by atoms with E-state index in [2.05, 4.69) is 63.3 Å². The predicted molar refractivity (Wildman–Crippen MR) is 157 cm³/mol. The SMILES string of the molecule is CC(C)(C)C1=CC2=CCC=CN=C2C(c2cccc(COc3ccccc3C(=O)C3=CCC=CC=C3)c2)C1. The second-order valence-corrected chi connectivity index (χ2v) is 11.0. The molecule has 1 unspecified atom stereocenters. The van der Waals surface area contributed by atoms with Crippen LogP contribution in [0.3, 0.4) is 0 Å². The fourth-order valence-corrected chi connectivity index (χ4v) is 5.10. The van der Waals surface area contributed by atoms with Crippen LogP contribution < -0.4 is 4.74 Å². The predicted octanol–water partition coefficient (Wildman–Crippen LogP) is 8.64. The molecule has 3 heteroatoms. The van der Waals surface area contributed by atoms with Gasteiger partial charge in [0.15, 0.2) is 5.78 Å². The van der Waals surface area contributed by atoms with Gasteiger partial charge in [-0.15, -0.1) is 0 Å². The number of rotatable bonds is 6. The number of benzene rings is 2. The minimum Gasteiger partial charge on any atom is -0.488 e. The van der Waals surface area contributed by atoms with Crippen molar-refractivity contribution < 1.29 is 9.53 Å². The molecule has 0 N–H and O–H groups in total. The summed E-state index contributed by atoms with van der Waals surface area (Å²) in [5.41, 5.74) is 7.51. The summed E-state index contributed by atoms with van der Waals surface area (Å²) in [6.07, 6.45) is 21.0. The van der Waals surface area contributed by atoms with E-state index >= 15 is 0 Å². The fourth-order valence-electron chi connectivity index (χ4n) is 5.10. The zero-order valence-corrected chi connectivity index (χ0v) is 22.5. The van der Waals surface area contributed by atoms with E-state index in [1.54, 1.807) is 0 Å². The molecule has 2 aromatic carbocycles. The highest BCUT2D eigenvalue weighted by Gasteiger charge is 2.31. The van der Waals surface area contributed by atoms with Crippen molar-refractivity contribution in [3.63, 3.8) is 0 Å². The summed E-state index contributed by atoms with van der Waals surface area (Å²) < 4.78 is 6.26. The molecule has 0 fully saturated rings. The first-order valence-electron chi connectivity index (χ1n) is 13.4. The molecule has 2 aliphatic carbocycles. The van der Waals surface area contributed by atoms with Crippen LogP contribution in [-0.2, 0) is 6.61 Å². The van der Waals surface area contributed by atoms with E-state index < -0.39 is 0 Å². The summed E-state index contributed by atoms with van der Waals surface area (Å²) >= 11 is 0. The minimum absolute atomic E-state index is 0.0169. The Morgan fingerprint density at radius 2 is 1.84 bits per heavy atom. The highest BCUT2D eigenvalue weighted by atomic mass is 16.5. The molecule has 3 nitrogen and oxygen atoms in total. The van der Waals surface area contributed by atoms with E-state index in [4.69, 9.17) is 9.73 Å². The summed E-state index contributed by atoms with van der Waals surface area (Å²) in [6.45, 7) is 7.24. The number of aliphatic imine (C=N–C) groups is 1. The lowest BCUT2D eigenvalue weighted by molar-refractivity contribution is 0.103. The van der Waals surface area contributed by atoms with Gasteiger partial charge in [-0.2, -0.15) is 0 Å². The maximum absolute atomic E-state index is 13.3. The number of ketones is 1. The third kappa shape index (κ3) is 5.78. The molecule has 0 saturated carbocycles. The van der Waals surface area contributed by atoms with Crippen LogP contribution in [0.25, 0.3) is 0 Å². The van der Waals surface area contributed by atoms with Crippen LogP contribution in [0.2, 0.25) is 0 Å². The van der Waals surface area contributed by atoms with Crippen LogP contribution in [0.15, 0.2) is 125 Å². The number of para-hydroxylation sites is 1. The molecule has 1 aliphatic heterocycles. The van der Waals surface area contributed by atoms with Crippen molar-refractivity contribution >= 4 is 11.5 Å². The number of fused-ring (bicyclic) bond motifs is 1. The Hall–Kier alpha value is -3.98. The van der Waals surface area contributed by atoms with Crippen LogP contribution >= 0.6 is 0 Å². The first kappa shape index (κ1) is 25.7. The van der Waals surface area contributed by atoms with Crippen molar-refractivity contribution in [2.24, 2.45) is 10.4 Å². The molecule has 1 heterocycles. The zero-order chi connectivity index (χ0) is 26.5. The maximum atomic E-state index is 13.3. The quantitative estimate of drug-likeness (QED) is 0.372. The van der Waals surface area contributed by atoms with Crippen molar-refractivity contribution in [3.8, 4) is 5.75 Å². The second-order valence-electron chi connectivity index (χ2n) is 11.0. The summed E-state index contributed by atoms with van der Waals surface area (Å²) in [5.74, 6) is 0.782. The Labute approximate surface area is 226 Å². The van der Waals surface area contributed by atoms with Gasteiger partial charge in [-0.3, -0.25) is 9.79 Å². The Morgan fingerprint density at radius 1 is 1.00 bits per heavy atom. The molecule has 0 spiro atoms. The lowest BCUT2D eigenvalue weighted by Gasteiger charge is -2.33. The smallest absolute Gasteiger partial charge is 0.196 e. The van der Waals surface area contributed by atoms with Gasteiger partial charge in [-0.1, -0.05) is 111 Å². The molecule has 5 rings (SSSR count). The number of carbonyl (C=O) groups excluding carboxylic acids is 1. The Kier molecular flexibility index (Phi) is 7.55. The van der Waals surface area contributed by atoms with Crippen LogP contribution in [0.5, 0.6) is 5.75 Å². The van der Waals surface area contributed by atoms with E-state index in [0.717, 1.165) is 30.5 Å². The topological polar surface area (TPSA) is 38.7 Å². The van der Waals surface area contributed by atoms with Crippen LogP contribution in [0.4, 0.5) is 0 Å². The molecule has 0 amide bonds. The standard InChI is InChI=1S/C35H35NO2/c1-35(2,3)29-22-28-16-10-11-20-36-33(28)31(23-29)27-17-12-13-25(21-27)24-38-32-19-9-8-18-30(32)34(37)26-14-6-4-5-7-15-26/h4-6,8-9,11-22,31H,7,10,23-24H2,1-3H3. The number of hydrogen-bond donors (Lipinski definition) is 0. The lowest BCUT2D eigenvalue weighted by atomic mass is 9.72. The molecule has 38 heavy (non-hydrogen) atoms. The molecule has 3 aliphatic rings. The van der Waals surface area contributed by atoms with Crippen molar-refractivity contribution in [1.29, 1.82) is 0 Å². The van der Waals surface area contributed by atoms with Gasteiger partial charge in [0, 0.05) is 17.7 Å². The minimum atomic E-state index is -0.0169. The van der Waals surface area contributed by atoms with Gasteiger partial charge in [0.25, 0.3) is 0 Å². The fraction of sp³-hybridized carbons (Fsp3) is 0.257. The Balaban J connectivity index is 1.39. The van der Waals surface area contributed by atoms with Crippen LogP contribution in [0, 0.1) is 5.41 Å². The lowest BCUT2D eigenvalue weighted by Crippen LogP contribution is -2.24. The van der Waals surface area contributed by atoms with Gasteiger partial charge in [-0.05, 0) is 53.5 Å². The molecule has 0 aromatic heterocycles. The Morgan fingerprint density at radius 3 is 2.71 bits per heavy atom. The summed E-state index contributed by atoms with van der Waals surface area (Å²) in [5, 5.41) is 0. The van der Waals surface area contributed by atoms with Crippen molar-refractivity contribution in [1.82, 2.24) is 0 Å². The number of carbonyl (C=O) groups is 1. The van der Waals surface area contributed by atoms with E-state index in [1.807, 2.05) is 60.8 Å². The molecule has 2 aromatic rings. The van der Waals surface area contributed by atoms with Gasteiger partial charge in [0.1, 0.15) is 12.4 Å². The van der Waals surface area contributed by atoms with Gasteiger partial charge in [0.05, 0.1) is 11.3 Å². The number of ether oxygens (including phenoxy) is 1. The highest BCUT2D eigenvalue weighted by molar-refractivity contribution is 6.12. The van der Waals surface area contributed by atoms with Gasteiger partial charge >= 0.3 is 0 Å². The second kappa shape index (κ2) is 11.2. The zero-order valence-electron chi connectivity index (χ0n) is 22.5. The normalized spacial score (nSPS) is 18.9. The van der Waals surface area contributed by atoms with E-state index in [9.17, 15) is 4.79 Å². The van der Waals surface area contributed by atoms with Crippen LogP contribution in [-0.4, -0.2) is 11.5 Å². The molecular formula is C35H35NO2. The average molecular weight is 502 g/mol.